The normalized spacial score (nSPS) is 11.4. The van der Waals surface area contributed by atoms with E-state index in [1.54, 1.807) is 0 Å². The lowest BCUT2D eigenvalue weighted by Crippen LogP contribution is -2.17. The van der Waals surface area contributed by atoms with Gasteiger partial charge in [-0.25, -0.2) is 9.97 Å². The average Bonchev–Trinajstić information content (AvgIpc) is 3.23. The Morgan fingerprint density at radius 3 is 2.31 bits per heavy atom. The van der Waals surface area contributed by atoms with E-state index in [-0.39, 0.29) is 11.7 Å². The molecule has 160 valence electrons. The standard InChI is InChI=1S/C26H24N4OS/c1-3-17-10-9-11-18(4-2)24(17)29-23(31)16-32-26-28-20-13-6-5-12-19(20)25-27-21-14-7-8-15-22(21)30(25)26/h5-15H,3-4,16H2,1-2H3,(H,29,31). The van der Waals surface area contributed by atoms with Crippen LogP contribution < -0.4 is 5.32 Å². The van der Waals surface area contributed by atoms with Crippen molar-refractivity contribution in [3.63, 3.8) is 0 Å². The number of hydrogen-bond donors (Lipinski definition) is 1. The molecular weight excluding hydrogens is 416 g/mol. The van der Waals surface area contributed by atoms with E-state index >= 15 is 0 Å². The maximum absolute atomic E-state index is 12.9. The van der Waals surface area contributed by atoms with Crippen LogP contribution in [0.25, 0.3) is 27.6 Å². The van der Waals surface area contributed by atoms with Gasteiger partial charge in [0.25, 0.3) is 0 Å². The van der Waals surface area contributed by atoms with Crippen LogP contribution in [0.4, 0.5) is 5.69 Å². The van der Waals surface area contributed by atoms with Gasteiger partial charge in [0.1, 0.15) is 5.65 Å². The molecule has 5 aromatic rings. The Morgan fingerprint density at radius 2 is 1.56 bits per heavy atom. The monoisotopic (exact) mass is 440 g/mol. The van der Waals surface area contributed by atoms with E-state index in [0.717, 1.165) is 62.4 Å². The Bertz CT molecular complexity index is 1430. The van der Waals surface area contributed by atoms with Crippen LogP contribution in [0.5, 0.6) is 0 Å². The lowest BCUT2D eigenvalue weighted by atomic mass is 10.0. The van der Waals surface area contributed by atoms with Gasteiger partial charge in [0.15, 0.2) is 5.16 Å². The summed E-state index contributed by atoms with van der Waals surface area (Å²) in [6, 6.07) is 22.3. The van der Waals surface area contributed by atoms with Crippen molar-refractivity contribution < 1.29 is 4.79 Å². The number of benzene rings is 3. The summed E-state index contributed by atoms with van der Waals surface area (Å²) >= 11 is 1.44. The zero-order valence-electron chi connectivity index (χ0n) is 18.1. The van der Waals surface area contributed by atoms with Crippen molar-refractivity contribution in [1.29, 1.82) is 0 Å². The highest BCUT2D eigenvalue weighted by molar-refractivity contribution is 7.99. The number of aromatic nitrogens is 3. The minimum atomic E-state index is -0.0295. The smallest absolute Gasteiger partial charge is 0.234 e. The van der Waals surface area contributed by atoms with Gasteiger partial charge in [-0.3, -0.25) is 9.20 Å². The maximum atomic E-state index is 12.9. The van der Waals surface area contributed by atoms with Crippen molar-refractivity contribution in [2.75, 3.05) is 11.1 Å². The van der Waals surface area contributed by atoms with Crippen molar-refractivity contribution in [3.05, 3.63) is 77.9 Å². The molecule has 0 aliphatic rings. The number of anilines is 1. The van der Waals surface area contributed by atoms with E-state index in [4.69, 9.17) is 9.97 Å². The van der Waals surface area contributed by atoms with Gasteiger partial charge in [-0.05, 0) is 48.2 Å². The van der Waals surface area contributed by atoms with Crippen LogP contribution in [-0.4, -0.2) is 26.0 Å². The summed E-state index contributed by atoms with van der Waals surface area (Å²) in [5, 5.41) is 4.92. The van der Waals surface area contributed by atoms with Gasteiger partial charge in [0, 0.05) is 11.1 Å². The fourth-order valence-electron chi connectivity index (χ4n) is 4.12. The van der Waals surface area contributed by atoms with E-state index in [9.17, 15) is 4.79 Å². The molecule has 6 heteroatoms. The van der Waals surface area contributed by atoms with Gasteiger partial charge in [-0.2, -0.15) is 0 Å². The lowest BCUT2D eigenvalue weighted by Gasteiger charge is -2.14. The minimum Gasteiger partial charge on any atom is -0.325 e. The van der Waals surface area contributed by atoms with E-state index in [1.165, 1.54) is 11.8 Å². The Morgan fingerprint density at radius 1 is 0.875 bits per heavy atom. The molecule has 1 amide bonds. The molecule has 32 heavy (non-hydrogen) atoms. The van der Waals surface area contributed by atoms with E-state index in [2.05, 4.69) is 41.8 Å². The Balaban J connectivity index is 1.50. The van der Waals surface area contributed by atoms with Crippen LogP contribution in [-0.2, 0) is 17.6 Å². The first kappa shape index (κ1) is 20.5. The SMILES string of the molecule is CCc1cccc(CC)c1NC(=O)CSc1nc2ccccc2c2nc3ccccc3n12. The predicted molar refractivity (Wildman–Crippen MR) is 133 cm³/mol. The van der Waals surface area contributed by atoms with E-state index in [1.807, 2.05) is 48.5 Å². The quantitative estimate of drug-likeness (QED) is 0.264. The first-order valence-corrected chi connectivity index (χ1v) is 11.9. The number of hydrogen-bond acceptors (Lipinski definition) is 4. The average molecular weight is 441 g/mol. The molecule has 0 atom stereocenters. The lowest BCUT2D eigenvalue weighted by molar-refractivity contribution is -0.113. The number of para-hydroxylation sites is 4. The molecule has 0 saturated heterocycles. The van der Waals surface area contributed by atoms with Crippen LogP contribution in [0.15, 0.2) is 71.9 Å². The van der Waals surface area contributed by atoms with Gasteiger partial charge in [-0.1, -0.05) is 68.1 Å². The predicted octanol–water partition coefficient (Wildman–Crippen LogP) is 5.89. The molecule has 3 aromatic carbocycles. The Kier molecular flexibility index (Phi) is 5.53. The third-order valence-corrected chi connectivity index (χ3v) is 6.65. The zero-order chi connectivity index (χ0) is 22.1. The Labute approximate surface area is 190 Å². The zero-order valence-corrected chi connectivity index (χ0v) is 18.9. The molecule has 0 radical (unpaired) electrons. The molecule has 2 aromatic heterocycles. The van der Waals surface area contributed by atoms with E-state index in [0.29, 0.717) is 0 Å². The number of nitrogens with zero attached hydrogens (tertiary/aromatic N) is 3. The van der Waals surface area contributed by atoms with Gasteiger partial charge in [0.2, 0.25) is 5.91 Å². The summed E-state index contributed by atoms with van der Waals surface area (Å²) in [5.74, 6) is 0.242. The highest BCUT2D eigenvalue weighted by Crippen LogP contribution is 2.29. The first-order valence-electron chi connectivity index (χ1n) is 10.9. The van der Waals surface area contributed by atoms with Crippen LogP contribution in [0.3, 0.4) is 0 Å². The second kappa shape index (κ2) is 8.63. The van der Waals surface area contributed by atoms with Gasteiger partial charge in [0.05, 0.1) is 22.3 Å². The summed E-state index contributed by atoms with van der Waals surface area (Å²) in [4.78, 5) is 22.7. The summed E-state index contributed by atoms with van der Waals surface area (Å²) in [5.41, 5.74) is 6.93. The molecular formula is C26H24N4OS. The van der Waals surface area contributed by atoms with Crippen LogP contribution in [0.1, 0.15) is 25.0 Å². The Hall–Kier alpha value is -3.38. The number of carbonyl (C=O) groups is 1. The molecule has 0 fully saturated rings. The molecule has 5 nitrogen and oxygen atoms in total. The minimum absolute atomic E-state index is 0.0295. The van der Waals surface area contributed by atoms with Crippen molar-refractivity contribution in [2.45, 2.75) is 31.8 Å². The first-order chi connectivity index (χ1) is 15.7. The molecule has 0 spiro atoms. The summed E-state index contributed by atoms with van der Waals surface area (Å²) in [6.07, 6.45) is 1.76. The number of nitrogens with one attached hydrogen (secondary N) is 1. The topological polar surface area (TPSA) is 59.3 Å². The molecule has 0 bridgehead atoms. The number of fused-ring (bicyclic) bond motifs is 5. The van der Waals surface area contributed by atoms with Crippen molar-refractivity contribution in [3.8, 4) is 0 Å². The van der Waals surface area contributed by atoms with Crippen LogP contribution in [0, 0.1) is 0 Å². The summed E-state index contributed by atoms with van der Waals surface area (Å²) in [7, 11) is 0. The summed E-state index contributed by atoms with van der Waals surface area (Å²) < 4.78 is 2.06. The maximum Gasteiger partial charge on any atom is 0.234 e. The van der Waals surface area contributed by atoms with Crippen LogP contribution in [0.2, 0.25) is 0 Å². The van der Waals surface area contributed by atoms with Gasteiger partial charge >= 0.3 is 0 Å². The van der Waals surface area contributed by atoms with Gasteiger partial charge < -0.3 is 5.32 Å². The highest BCUT2D eigenvalue weighted by atomic mass is 32.2. The molecule has 2 heterocycles. The summed E-state index contributed by atoms with van der Waals surface area (Å²) in [6.45, 7) is 4.22. The second-order valence-corrected chi connectivity index (χ2v) is 8.61. The van der Waals surface area contributed by atoms with Gasteiger partial charge in [-0.15, -0.1) is 0 Å². The molecule has 5 rings (SSSR count). The third-order valence-electron chi connectivity index (χ3n) is 5.71. The highest BCUT2D eigenvalue weighted by Gasteiger charge is 2.16. The third kappa shape index (κ3) is 3.60. The molecule has 1 N–H and O–H groups in total. The van der Waals surface area contributed by atoms with Crippen molar-refractivity contribution in [2.24, 2.45) is 0 Å². The van der Waals surface area contributed by atoms with Crippen molar-refractivity contribution in [1.82, 2.24) is 14.4 Å². The number of carbonyl (C=O) groups excluding carboxylic acids is 1. The largest absolute Gasteiger partial charge is 0.325 e. The number of thioether (sulfide) groups is 1. The molecule has 0 aliphatic carbocycles. The van der Waals surface area contributed by atoms with Crippen molar-refractivity contribution >= 4 is 50.9 Å². The number of rotatable bonds is 6. The molecule has 0 saturated carbocycles. The number of aryl methyl sites for hydroxylation is 2. The van der Waals surface area contributed by atoms with Crippen LogP contribution >= 0.6 is 11.8 Å². The molecule has 0 unspecified atom stereocenters. The molecule has 0 aliphatic heterocycles. The number of amides is 1. The fourth-order valence-corrected chi connectivity index (χ4v) is 4.93. The second-order valence-electron chi connectivity index (χ2n) is 7.67. The fraction of sp³-hybridized carbons (Fsp3) is 0.192. The number of imidazole rings is 1. The van der Waals surface area contributed by atoms with E-state index < -0.39 is 0 Å².